The van der Waals surface area contributed by atoms with E-state index in [1.54, 1.807) is 11.1 Å². The van der Waals surface area contributed by atoms with E-state index in [4.69, 9.17) is 0 Å². The molecule has 1 unspecified atom stereocenters. The maximum absolute atomic E-state index is 12.8. The first-order valence-corrected chi connectivity index (χ1v) is 7.76. The lowest BCUT2D eigenvalue weighted by molar-refractivity contribution is -0.137. The van der Waals surface area contributed by atoms with Gasteiger partial charge < -0.3 is 9.80 Å². The quantitative estimate of drug-likeness (QED) is 0.851. The molecule has 0 spiro atoms. The molecule has 112 valence electrons. The molecular weight excluding hydrogens is 266 g/mol. The molecule has 3 rings (SSSR count). The Morgan fingerprint density at radius 3 is 3.05 bits per heavy atom. The fourth-order valence-corrected chi connectivity index (χ4v) is 3.32. The number of carbonyl (C=O) groups is 2. The predicted molar refractivity (Wildman–Crippen MR) is 79.9 cm³/mol. The van der Waals surface area contributed by atoms with Crippen LogP contribution in [0, 0.1) is 0 Å². The summed E-state index contributed by atoms with van der Waals surface area (Å²) >= 11 is 0. The van der Waals surface area contributed by atoms with E-state index >= 15 is 0 Å². The molecule has 2 amide bonds. The highest BCUT2D eigenvalue weighted by Gasteiger charge is 2.38. The second-order valence-corrected chi connectivity index (χ2v) is 5.74. The van der Waals surface area contributed by atoms with E-state index in [0.717, 1.165) is 36.9 Å². The number of nitrogens with zero attached hydrogens (tertiary/aromatic N) is 3. The van der Waals surface area contributed by atoms with Crippen molar-refractivity contribution in [2.75, 3.05) is 18.0 Å². The molecule has 0 aliphatic carbocycles. The molecular formula is C16H21N3O2. The molecule has 3 heterocycles. The monoisotopic (exact) mass is 287 g/mol. The van der Waals surface area contributed by atoms with Gasteiger partial charge in [0.15, 0.2) is 0 Å². The SMILES string of the molecule is CCCC(=O)N1CCCC1C(=O)N1CCc2cnccc21. The standard InChI is InChI=1S/C16H21N3O2/c1-2-4-15(20)18-9-3-5-14(18)16(21)19-10-7-12-11-17-8-6-13(12)19/h6,8,11,14H,2-5,7,9-10H2,1H3. The van der Waals surface area contributed by atoms with Crippen LogP contribution in [0.4, 0.5) is 5.69 Å². The van der Waals surface area contributed by atoms with Crippen LogP contribution in [0.25, 0.3) is 0 Å². The molecule has 0 N–H and O–H groups in total. The molecule has 1 aromatic rings. The Balaban J connectivity index is 1.78. The Kier molecular flexibility index (Phi) is 3.90. The number of aromatic nitrogens is 1. The Bertz CT molecular complexity index is 558. The van der Waals surface area contributed by atoms with Crippen molar-refractivity contribution in [2.24, 2.45) is 0 Å². The van der Waals surface area contributed by atoms with Gasteiger partial charge in [0.2, 0.25) is 11.8 Å². The van der Waals surface area contributed by atoms with Crippen molar-refractivity contribution in [1.29, 1.82) is 0 Å². The van der Waals surface area contributed by atoms with E-state index in [9.17, 15) is 9.59 Å². The third-order valence-electron chi connectivity index (χ3n) is 4.36. The summed E-state index contributed by atoms with van der Waals surface area (Å²) in [5, 5.41) is 0. The Hall–Kier alpha value is -1.91. The van der Waals surface area contributed by atoms with Crippen LogP contribution in [0.2, 0.25) is 0 Å². The minimum Gasteiger partial charge on any atom is -0.331 e. The molecule has 1 saturated heterocycles. The van der Waals surface area contributed by atoms with Crippen molar-refractivity contribution in [3.63, 3.8) is 0 Å². The van der Waals surface area contributed by atoms with Gasteiger partial charge in [0.05, 0.1) is 5.69 Å². The van der Waals surface area contributed by atoms with Gasteiger partial charge >= 0.3 is 0 Å². The zero-order valence-electron chi connectivity index (χ0n) is 12.4. The molecule has 1 atom stereocenters. The van der Waals surface area contributed by atoms with Crippen LogP contribution >= 0.6 is 0 Å². The predicted octanol–water partition coefficient (Wildman–Crippen LogP) is 1.76. The average Bonchev–Trinajstić information content (AvgIpc) is 3.14. The molecule has 21 heavy (non-hydrogen) atoms. The van der Waals surface area contributed by atoms with Gasteiger partial charge in [-0.2, -0.15) is 0 Å². The summed E-state index contributed by atoms with van der Waals surface area (Å²) in [6.07, 6.45) is 7.47. The van der Waals surface area contributed by atoms with Crippen molar-refractivity contribution >= 4 is 17.5 Å². The second kappa shape index (κ2) is 5.84. The molecule has 2 aliphatic heterocycles. The van der Waals surface area contributed by atoms with Crippen LogP contribution < -0.4 is 4.90 Å². The van der Waals surface area contributed by atoms with Gasteiger partial charge in [0.1, 0.15) is 6.04 Å². The normalized spacial score (nSPS) is 20.7. The van der Waals surface area contributed by atoms with E-state index in [0.29, 0.717) is 19.5 Å². The molecule has 2 aliphatic rings. The third kappa shape index (κ3) is 2.52. The summed E-state index contributed by atoms with van der Waals surface area (Å²) in [5.74, 6) is 0.185. The van der Waals surface area contributed by atoms with Crippen LogP contribution in [0.3, 0.4) is 0 Å². The van der Waals surface area contributed by atoms with Gasteiger partial charge in [0, 0.05) is 31.9 Å². The lowest BCUT2D eigenvalue weighted by Gasteiger charge is -2.28. The van der Waals surface area contributed by atoms with E-state index in [1.807, 2.05) is 24.1 Å². The molecule has 1 fully saturated rings. The first-order chi connectivity index (χ1) is 10.2. The average molecular weight is 287 g/mol. The molecule has 0 radical (unpaired) electrons. The van der Waals surface area contributed by atoms with Gasteiger partial charge in [-0.3, -0.25) is 14.6 Å². The van der Waals surface area contributed by atoms with E-state index in [-0.39, 0.29) is 17.9 Å². The van der Waals surface area contributed by atoms with Gasteiger partial charge in [0.25, 0.3) is 0 Å². The molecule has 5 heteroatoms. The van der Waals surface area contributed by atoms with Gasteiger partial charge in [-0.05, 0) is 37.3 Å². The molecule has 0 aromatic carbocycles. The van der Waals surface area contributed by atoms with Crippen molar-refractivity contribution in [3.05, 3.63) is 24.0 Å². The van der Waals surface area contributed by atoms with Crippen molar-refractivity contribution in [2.45, 2.75) is 45.1 Å². The van der Waals surface area contributed by atoms with Crippen molar-refractivity contribution in [1.82, 2.24) is 9.88 Å². The molecule has 0 bridgehead atoms. The number of pyridine rings is 1. The van der Waals surface area contributed by atoms with Crippen molar-refractivity contribution < 1.29 is 9.59 Å². The summed E-state index contributed by atoms with van der Waals surface area (Å²) in [7, 11) is 0. The number of hydrogen-bond acceptors (Lipinski definition) is 3. The zero-order valence-corrected chi connectivity index (χ0v) is 12.4. The highest BCUT2D eigenvalue weighted by molar-refractivity contribution is 6.00. The minimum absolute atomic E-state index is 0.0712. The highest BCUT2D eigenvalue weighted by Crippen LogP contribution is 2.30. The van der Waals surface area contributed by atoms with Crippen LogP contribution in [0.1, 0.15) is 38.2 Å². The van der Waals surface area contributed by atoms with E-state index in [2.05, 4.69) is 4.98 Å². The van der Waals surface area contributed by atoms with Gasteiger partial charge in [-0.15, -0.1) is 0 Å². The lowest BCUT2D eigenvalue weighted by atomic mass is 10.1. The number of hydrogen-bond donors (Lipinski definition) is 0. The minimum atomic E-state index is -0.275. The molecule has 1 aromatic heterocycles. The number of anilines is 1. The van der Waals surface area contributed by atoms with Crippen LogP contribution in [0.5, 0.6) is 0 Å². The summed E-state index contributed by atoms with van der Waals surface area (Å²) in [5.41, 5.74) is 2.08. The maximum atomic E-state index is 12.8. The summed E-state index contributed by atoms with van der Waals surface area (Å²) in [6.45, 7) is 3.41. The van der Waals surface area contributed by atoms with Crippen LogP contribution in [-0.4, -0.2) is 40.8 Å². The summed E-state index contributed by atoms with van der Waals surface area (Å²) < 4.78 is 0. The maximum Gasteiger partial charge on any atom is 0.249 e. The van der Waals surface area contributed by atoms with Crippen LogP contribution in [0.15, 0.2) is 18.5 Å². The number of likely N-dealkylation sites (tertiary alicyclic amines) is 1. The largest absolute Gasteiger partial charge is 0.331 e. The smallest absolute Gasteiger partial charge is 0.249 e. The molecule has 5 nitrogen and oxygen atoms in total. The third-order valence-corrected chi connectivity index (χ3v) is 4.36. The Labute approximate surface area is 124 Å². The fraction of sp³-hybridized carbons (Fsp3) is 0.562. The summed E-state index contributed by atoms with van der Waals surface area (Å²) in [4.78, 5) is 32.7. The first-order valence-electron chi connectivity index (χ1n) is 7.76. The zero-order chi connectivity index (χ0) is 14.8. The van der Waals surface area contributed by atoms with E-state index in [1.165, 1.54) is 0 Å². The highest BCUT2D eigenvalue weighted by atomic mass is 16.2. The fourth-order valence-electron chi connectivity index (χ4n) is 3.32. The topological polar surface area (TPSA) is 53.5 Å². The number of fused-ring (bicyclic) bond motifs is 1. The van der Waals surface area contributed by atoms with E-state index < -0.39 is 0 Å². The Morgan fingerprint density at radius 1 is 1.38 bits per heavy atom. The number of rotatable bonds is 3. The van der Waals surface area contributed by atoms with Crippen molar-refractivity contribution in [3.8, 4) is 0 Å². The van der Waals surface area contributed by atoms with Crippen LogP contribution in [-0.2, 0) is 16.0 Å². The van der Waals surface area contributed by atoms with Gasteiger partial charge in [-0.1, -0.05) is 6.92 Å². The Morgan fingerprint density at radius 2 is 2.24 bits per heavy atom. The second-order valence-electron chi connectivity index (χ2n) is 5.74. The van der Waals surface area contributed by atoms with Gasteiger partial charge in [-0.25, -0.2) is 0 Å². The molecule has 0 saturated carbocycles. The first kappa shape index (κ1) is 14.0. The number of amides is 2. The number of carbonyl (C=O) groups excluding carboxylic acids is 2. The summed E-state index contributed by atoms with van der Waals surface area (Å²) in [6, 6.07) is 1.62. The lowest BCUT2D eigenvalue weighted by Crippen LogP contribution is -2.47.